The molecule has 0 saturated carbocycles. The fourth-order valence-electron chi connectivity index (χ4n) is 2.22. The molecule has 1 saturated heterocycles. The van der Waals surface area contributed by atoms with Crippen molar-refractivity contribution in [1.29, 1.82) is 0 Å². The smallest absolute Gasteiger partial charge is 0.289 e. The van der Waals surface area contributed by atoms with Gasteiger partial charge in [0.15, 0.2) is 11.7 Å². The van der Waals surface area contributed by atoms with Crippen LogP contribution in [0.5, 0.6) is 0 Å². The average molecular weight is 416 g/mol. The van der Waals surface area contributed by atoms with E-state index < -0.39 is 0 Å². The molecule has 0 spiro atoms. The summed E-state index contributed by atoms with van der Waals surface area (Å²) < 4.78 is 5.15. The number of aliphatic imine (C=N–C) groups is 1. The van der Waals surface area contributed by atoms with Gasteiger partial charge in [-0.2, -0.15) is 0 Å². The van der Waals surface area contributed by atoms with E-state index >= 15 is 0 Å². The van der Waals surface area contributed by atoms with Gasteiger partial charge in [-0.25, -0.2) is 4.99 Å². The van der Waals surface area contributed by atoms with Crippen molar-refractivity contribution in [3.05, 3.63) is 24.2 Å². The number of hydrogen-bond acceptors (Lipinski definition) is 3. The molecule has 1 N–H and O–H groups in total. The van der Waals surface area contributed by atoms with E-state index in [0.717, 1.165) is 25.6 Å². The molecule has 6 nitrogen and oxygen atoms in total. The van der Waals surface area contributed by atoms with E-state index in [-0.39, 0.29) is 29.9 Å². The molecule has 22 heavy (non-hydrogen) atoms. The Morgan fingerprint density at radius 3 is 2.64 bits per heavy atom. The molecule has 2 rings (SSSR count). The first-order valence-electron chi connectivity index (χ1n) is 7.05. The van der Waals surface area contributed by atoms with Gasteiger partial charge in [0.1, 0.15) is 6.54 Å². The van der Waals surface area contributed by atoms with Gasteiger partial charge in [-0.3, -0.25) is 4.79 Å². The highest BCUT2D eigenvalue weighted by molar-refractivity contribution is 14.0. The van der Waals surface area contributed by atoms with E-state index in [1.54, 1.807) is 17.0 Å². The van der Waals surface area contributed by atoms with Gasteiger partial charge in [0.2, 0.25) is 0 Å². The molecule has 0 radical (unpaired) electrons. The molecular formula is C15H21IN4O2. The Morgan fingerprint density at radius 1 is 1.41 bits per heavy atom. The van der Waals surface area contributed by atoms with Crippen molar-refractivity contribution in [3.63, 3.8) is 0 Å². The molecule has 1 aromatic rings. The molecule has 0 aromatic carbocycles. The molecule has 120 valence electrons. The van der Waals surface area contributed by atoms with Crippen molar-refractivity contribution >= 4 is 35.8 Å². The van der Waals surface area contributed by atoms with E-state index in [0.29, 0.717) is 25.4 Å². The molecule has 1 aliphatic rings. The Morgan fingerprint density at radius 2 is 2.09 bits per heavy atom. The van der Waals surface area contributed by atoms with Crippen molar-refractivity contribution in [2.24, 2.45) is 4.99 Å². The second-order valence-corrected chi connectivity index (χ2v) is 4.63. The van der Waals surface area contributed by atoms with Gasteiger partial charge in [-0.05, 0) is 19.1 Å². The first-order chi connectivity index (χ1) is 10.3. The summed E-state index contributed by atoms with van der Waals surface area (Å²) in [6.07, 6.45) is 6.76. The van der Waals surface area contributed by atoms with Crippen LogP contribution in [-0.4, -0.2) is 60.9 Å². The number of guanidine groups is 1. The number of hydrogen-bond donors (Lipinski definition) is 1. The zero-order valence-corrected chi connectivity index (χ0v) is 14.9. The maximum Gasteiger partial charge on any atom is 0.289 e. The van der Waals surface area contributed by atoms with Crippen LogP contribution in [0.3, 0.4) is 0 Å². The standard InChI is InChI=1S/C15H20N4O2.HI/c1-3-7-17-15(16-4-2)19-10-8-18(9-11-19)14(20)13-6-5-12-21-13;/h1,5-6,12H,4,7-11H2,2H3,(H,16,17);1H. The summed E-state index contributed by atoms with van der Waals surface area (Å²) in [6.45, 7) is 5.89. The topological polar surface area (TPSA) is 61.1 Å². The lowest BCUT2D eigenvalue weighted by molar-refractivity contribution is 0.0658. The summed E-state index contributed by atoms with van der Waals surface area (Å²) in [5, 5.41) is 3.22. The molecular weight excluding hydrogens is 395 g/mol. The van der Waals surface area contributed by atoms with Gasteiger partial charge in [0.25, 0.3) is 5.91 Å². The minimum atomic E-state index is -0.0646. The number of rotatable bonds is 3. The zero-order chi connectivity index (χ0) is 15.1. The number of furan rings is 1. The van der Waals surface area contributed by atoms with Crippen LogP contribution in [0.15, 0.2) is 27.8 Å². The number of amides is 1. The van der Waals surface area contributed by atoms with Crippen molar-refractivity contribution in [2.45, 2.75) is 6.92 Å². The summed E-state index contributed by atoms with van der Waals surface area (Å²) in [5.74, 6) is 3.64. The third-order valence-corrected chi connectivity index (χ3v) is 3.25. The van der Waals surface area contributed by atoms with Gasteiger partial charge in [0, 0.05) is 32.7 Å². The Kier molecular flexibility index (Phi) is 7.80. The first-order valence-corrected chi connectivity index (χ1v) is 7.05. The number of piperazine rings is 1. The fraction of sp³-hybridized carbons (Fsp3) is 0.467. The average Bonchev–Trinajstić information content (AvgIpc) is 3.05. The van der Waals surface area contributed by atoms with E-state index in [2.05, 4.69) is 21.1 Å². The zero-order valence-electron chi connectivity index (χ0n) is 12.6. The lowest BCUT2D eigenvalue weighted by atomic mass is 10.3. The lowest BCUT2D eigenvalue weighted by Gasteiger charge is -2.36. The van der Waals surface area contributed by atoms with E-state index in [4.69, 9.17) is 10.8 Å². The molecule has 1 amide bonds. The van der Waals surface area contributed by atoms with Crippen LogP contribution in [0.1, 0.15) is 17.5 Å². The van der Waals surface area contributed by atoms with Crippen molar-refractivity contribution in [3.8, 4) is 12.3 Å². The predicted molar refractivity (Wildman–Crippen MR) is 96.4 cm³/mol. The summed E-state index contributed by atoms with van der Waals surface area (Å²) in [4.78, 5) is 20.4. The maximum atomic E-state index is 12.2. The summed E-state index contributed by atoms with van der Waals surface area (Å²) in [7, 11) is 0. The largest absolute Gasteiger partial charge is 0.459 e. The summed E-state index contributed by atoms with van der Waals surface area (Å²) >= 11 is 0. The van der Waals surface area contributed by atoms with Crippen LogP contribution in [0.2, 0.25) is 0 Å². The van der Waals surface area contributed by atoms with Crippen LogP contribution >= 0.6 is 24.0 Å². The highest BCUT2D eigenvalue weighted by Crippen LogP contribution is 2.09. The van der Waals surface area contributed by atoms with Gasteiger partial charge in [0.05, 0.1) is 6.26 Å². The maximum absolute atomic E-state index is 12.2. The Labute approximate surface area is 148 Å². The second-order valence-electron chi connectivity index (χ2n) is 4.63. The van der Waals surface area contributed by atoms with Crippen LogP contribution in [0, 0.1) is 12.3 Å². The molecule has 1 fully saturated rings. The normalized spacial score (nSPS) is 15.0. The van der Waals surface area contributed by atoms with Gasteiger partial charge in [-0.15, -0.1) is 30.4 Å². The van der Waals surface area contributed by atoms with E-state index in [9.17, 15) is 4.79 Å². The van der Waals surface area contributed by atoms with Crippen LogP contribution in [0.4, 0.5) is 0 Å². The van der Waals surface area contributed by atoms with Gasteiger partial charge < -0.3 is 19.5 Å². The summed E-state index contributed by atoms with van der Waals surface area (Å²) in [6, 6.07) is 3.41. The number of halogens is 1. The minimum absolute atomic E-state index is 0. The van der Waals surface area contributed by atoms with Gasteiger partial charge >= 0.3 is 0 Å². The van der Waals surface area contributed by atoms with Crippen LogP contribution < -0.4 is 5.32 Å². The van der Waals surface area contributed by atoms with Crippen LogP contribution in [0.25, 0.3) is 0 Å². The first kappa shape index (κ1) is 18.4. The fourth-order valence-corrected chi connectivity index (χ4v) is 2.22. The third-order valence-electron chi connectivity index (χ3n) is 3.25. The summed E-state index contributed by atoms with van der Waals surface area (Å²) in [5.41, 5.74) is 0. The highest BCUT2D eigenvalue weighted by atomic mass is 127. The molecule has 0 aliphatic carbocycles. The second kappa shape index (κ2) is 9.35. The van der Waals surface area contributed by atoms with Crippen molar-refractivity contribution < 1.29 is 9.21 Å². The number of nitrogens with one attached hydrogen (secondary N) is 1. The van der Waals surface area contributed by atoms with E-state index in [1.807, 2.05) is 6.92 Å². The molecule has 2 heterocycles. The lowest BCUT2D eigenvalue weighted by Crippen LogP contribution is -2.53. The predicted octanol–water partition coefficient (Wildman–Crippen LogP) is 1.25. The Balaban J connectivity index is 0.00000242. The Hall–Kier alpha value is -1.69. The number of carbonyl (C=O) groups excluding carboxylic acids is 1. The van der Waals surface area contributed by atoms with E-state index in [1.165, 1.54) is 6.26 Å². The van der Waals surface area contributed by atoms with Gasteiger partial charge in [-0.1, -0.05) is 5.92 Å². The number of carbonyl (C=O) groups is 1. The SMILES string of the molecule is C#CCN=C(NCC)N1CCN(C(=O)c2ccco2)CC1.I. The van der Waals surface area contributed by atoms with Crippen LogP contribution in [-0.2, 0) is 0 Å². The molecule has 1 aliphatic heterocycles. The molecule has 7 heteroatoms. The number of terminal acetylenes is 1. The van der Waals surface area contributed by atoms with Crippen molar-refractivity contribution in [1.82, 2.24) is 15.1 Å². The number of nitrogens with zero attached hydrogens (tertiary/aromatic N) is 3. The molecule has 0 atom stereocenters. The molecule has 0 unspecified atom stereocenters. The Bertz CT molecular complexity index is 528. The molecule has 1 aromatic heterocycles. The van der Waals surface area contributed by atoms with Crippen molar-refractivity contribution in [2.75, 3.05) is 39.3 Å². The monoisotopic (exact) mass is 416 g/mol. The quantitative estimate of drug-likeness (QED) is 0.349. The third kappa shape index (κ3) is 4.66. The minimum Gasteiger partial charge on any atom is -0.459 e. The molecule has 0 bridgehead atoms. The highest BCUT2D eigenvalue weighted by Gasteiger charge is 2.24.